The van der Waals surface area contributed by atoms with Gasteiger partial charge in [-0.1, -0.05) is 0 Å². The molecule has 0 aliphatic carbocycles. The molecule has 3 N–H and O–H groups in total. The average molecular weight is 276 g/mol. The molecular formula is C10H13FN2O4S. The third kappa shape index (κ3) is 4.30. The predicted octanol–water partition coefficient (Wildman–Crippen LogP) is -0.147. The maximum Gasteiger partial charge on any atom is 0.251 e. The first-order chi connectivity index (χ1) is 8.33. The van der Waals surface area contributed by atoms with Crippen LogP contribution in [0.3, 0.4) is 0 Å². The van der Waals surface area contributed by atoms with Crippen molar-refractivity contribution in [2.75, 3.05) is 19.4 Å². The van der Waals surface area contributed by atoms with E-state index in [2.05, 4.69) is 5.32 Å². The van der Waals surface area contributed by atoms with Crippen LogP contribution in [0.1, 0.15) is 10.4 Å². The number of carbonyl (C=O) groups is 1. The molecule has 0 unspecified atom stereocenters. The summed E-state index contributed by atoms with van der Waals surface area (Å²) < 4.78 is 39.1. The van der Waals surface area contributed by atoms with Gasteiger partial charge in [0.2, 0.25) is 10.0 Å². The minimum absolute atomic E-state index is 0.0610. The first-order valence-corrected chi connectivity index (χ1v) is 6.67. The lowest BCUT2D eigenvalue weighted by Crippen LogP contribution is -2.31. The number of methoxy groups -OCH3 is 1. The lowest BCUT2D eigenvalue weighted by Gasteiger charge is -2.06. The van der Waals surface area contributed by atoms with Gasteiger partial charge in [-0.15, -0.1) is 0 Å². The van der Waals surface area contributed by atoms with Crippen molar-refractivity contribution < 1.29 is 22.3 Å². The van der Waals surface area contributed by atoms with Crippen molar-refractivity contribution >= 4 is 15.9 Å². The van der Waals surface area contributed by atoms with Crippen LogP contribution in [0.4, 0.5) is 4.39 Å². The minimum atomic E-state index is -3.62. The van der Waals surface area contributed by atoms with Crippen LogP contribution in [-0.2, 0) is 10.0 Å². The van der Waals surface area contributed by atoms with Crippen molar-refractivity contribution in [2.45, 2.75) is 0 Å². The van der Waals surface area contributed by atoms with Crippen LogP contribution in [0, 0.1) is 5.82 Å². The van der Waals surface area contributed by atoms with Crippen LogP contribution in [0.25, 0.3) is 0 Å². The van der Waals surface area contributed by atoms with Crippen LogP contribution in [0.2, 0.25) is 0 Å². The van der Waals surface area contributed by atoms with Crippen LogP contribution < -0.4 is 15.2 Å². The van der Waals surface area contributed by atoms with Crippen LogP contribution in [-0.4, -0.2) is 33.7 Å². The molecule has 0 spiro atoms. The number of benzene rings is 1. The van der Waals surface area contributed by atoms with Gasteiger partial charge in [0.1, 0.15) is 0 Å². The Kier molecular flexibility index (Phi) is 4.62. The Labute approximate surface area is 104 Å². The number of rotatable bonds is 5. The predicted molar refractivity (Wildman–Crippen MR) is 63.3 cm³/mol. The monoisotopic (exact) mass is 276 g/mol. The Bertz CT molecular complexity index is 545. The number of nitrogens with two attached hydrogens (primary N) is 1. The van der Waals surface area contributed by atoms with Gasteiger partial charge in [0, 0.05) is 12.1 Å². The molecule has 0 aromatic heterocycles. The summed E-state index contributed by atoms with van der Waals surface area (Å²) >= 11 is 0. The highest BCUT2D eigenvalue weighted by atomic mass is 32.2. The van der Waals surface area contributed by atoms with Crippen molar-refractivity contribution in [3.05, 3.63) is 29.6 Å². The lowest BCUT2D eigenvalue weighted by molar-refractivity contribution is 0.0955. The van der Waals surface area contributed by atoms with Crippen molar-refractivity contribution in [2.24, 2.45) is 5.14 Å². The smallest absolute Gasteiger partial charge is 0.251 e. The summed E-state index contributed by atoms with van der Waals surface area (Å²) in [5.41, 5.74) is 0.169. The molecule has 0 fully saturated rings. The third-order valence-corrected chi connectivity index (χ3v) is 2.86. The molecule has 1 aromatic carbocycles. The van der Waals surface area contributed by atoms with Gasteiger partial charge in [0.15, 0.2) is 11.6 Å². The van der Waals surface area contributed by atoms with E-state index < -0.39 is 21.7 Å². The zero-order chi connectivity index (χ0) is 13.8. The molecule has 1 amide bonds. The first kappa shape index (κ1) is 14.4. The normalized spacial score (nSPS) is 11.1. The lowest BCUT2D eigenvalue weighted by atomic mass is 10.2. The van der Waals surface area contributed by atoms with E-state index in [1.54, 1.807) is 0 Å². The van der Waals surface area contributed by atoms with Gasteiger partial charge in [-0.3, -0.25) is 4.79 Å². The molecule has 0 heterocycles. The van der Waals surface area contributed by atoms with Gasteiger partial charge >= 0.3 is 0 Å². The zero-order valence-corrected chi connectivity index (χ0v) is 10.5. The third-order valence-electron chi connectivity index (χ3n) is 2.09. The molecule has 6 nitrogen and oxygen atoms in total. The van der Waals surface area contributed by atoms with Gasteiger partial charge in [0.05, 0.1) is 12.9 Å². The van der Waals surface area contributed by atoms with Gasteiger partial charge in [-0.05, 0) is 18.2 Å². The van der Waals surface area contributed by atoms with Crippen LogP contribution in [0.15, 0.2) is 18.2 Å². The molecule has 1 rings (SSSR count). The van der Waals surface area contributed by atoms with Crippen molar-refractivity contribution in [3.8, 4) is 5.75 Å². The van der Waals surface area contributed by atoms with E-state index in [1.165, 1.54) is 19.2 Å². The summed E-state index contributed by atoms with van der Waals surface area (Å²) in [6.45, 7) is -0.114. The number of sulfonamides is 1. The number of hydrogen-bond donors (Lipinski definition) is 2. The van der Waals surface area contributed by atoms with Gasteiger partial charge in [-0.25, -0.2) is 17.9 Å². The molecule has 0 radical (unpaired) electrons. The fourth-order valence-electron chi connectivity index (χ4n) is 1.21. The second kappa shape index (κ2) is 5.78. The molecular weight excluding hydrogens is 263 g/mol. The van der Waals surface area contributed by atoms with E-state index in [1.807, 2.05) is 0 Å². The highest BCUT2D eigenvalue weighted by molar-refractivity contribution is 7.89. The summed E-state index contributed by atoms with van der Waals surface area (Å²) in [7, 11) is -2.34. The number of ether oxygens (including phenoxy) is 1. The van der Waals surface area contributed by atoms with E-state index in [4.69, 9.17) is 9.88 Å². The van der Waals surface area contributed by atoms with E-state index in [0.717, 1.165) is 6.07 Å². The largest absolute Gasteiger partial charge is 0.494 e. The minimum Gasteiger partial charge on any atom is -0.494 e. The molecule has 0 saturated carbocycles. The number of amides is 1. The zero-order valence-electron chi connectivity index (χ0n) is 9.64. The van der Waals surface area contributed by atoms with Crippen LogP contribution >= 0.6 is 0 Å². The Morgan fingerprint density at radius 3 is 2.72 bits per heavy atom. The summed E-state index contributed by atoms with van der Waals surface area (Å²) in [5, 5.41) is 7.13. The van der Waals surface area contributed by atoms with E-state index in [0.29, 0.717) is 0 Å². The van der Waals surface area contributed by atoms with Crippen molar-refractivity contribution in [1.29, 1.82) is 0 Å². The molecule has 8 heteroatoms. The van der Waals surface area contributed by atoms with E-state index in [9.17, 15) is 17.6 Å². The van der Waals surface area contributed by atoms with Crippen molar-refractivity contribution in [1.82, 2.24) is 5.32 Å². The molecule has 0 aliphatic rings. The number of primary sulfonamides is 1. The molecule has 1 aromatic rings. The Balaban J connectivity index is 2.67. The number of hydrogen-bond acceptors (Lipinski definition) is 4. The highest BCUT2D eigenvalue weighted by Gasteiger charge is 2.10. The fraction of sp³-hybridized carbons (Fsp3) is 0.300. The maximum absolute atomic E-state index is 13.1. The Hall–Kier alpha value is -1.67. The summed E-state index contributed by atoms with van der Waals surface area (Å²) in [6, 6.07) is 3.58. The summed E-state index contributed by atoms with van der Waals surface area (Å²) in [4.78, 5) is 11.6. The standard InChI is InChI=1S/C10H13FN2O4S/c1-17-9-6-7(2-3-8(9)11)10(14)13-4-5-18(12,15)16/h2-3,6H,4-5H2,1H3,(H,13,14)(H2,12,15,16). The quantitative estimate of drug-likeness (QED) is 0.781. The second-order valence-corrected chi connectivity index (χ2v) is 5.21. The molecule has 18 heavy (non-hydrogen) atoms. The molecule has 100 valence electrons. The average Bonchev–Trinajstić information content (AvgIpc) is 2.27. The summed E-state index contributed by atoms with van der Waals surface area (Å²) in [5.74, 6) is -1.54. The van der Waals surface area contributed by atoms with Gasteiger partial charge < -0.3 is 10.1 Å². The number of carbonyl (C=O) groups excluding carboxylic acids is 1. The number of halogens is 1. The second-order valence-electron chi connectivity index (χ2n) is 3.47. The van der Waals surface area contributed by atoms with Crippen molar-refractivity contribution in [3.63, 3.8) is 0 Å². The number of nitrogens with one attached hydrogen (secondary N) is 1. The van der Waals surface area contributed by atoms with E-state index in [-0.39, 0.29) is 23.6 Å². The fourth-order valence-corrected chi connectivity index (χ4v) is 1.60. The molecule has 0 atom stereocenters. The Morgan fingerprint density at radius 1 is 1.50 bits per heavy atom. The summed E-state index contributed by atoms with van der Waals surface area (Å²) in [6.07, 6.45) is 0. The molecule has 0 aliphatic heterocycles. The highest BCUT2D eigenvalue weighted by Crippen LogP contribution is 2.17. The topological polar surface area (TPSA) is 98.5 Å². The molecule has 0 saturated heterocycles. The maximum atomic E-state index is 13.1. The van der Waals surface area contributed by atoms with Gasteiger partial charge in [0.25, 0.3) is 5.91 Å². The Morgan fingerprint density at radius 2 is 2.17 bits per heavy atom. The van der Waals surface area contributed by atoms with E-state index >= 15 is 0 Å². The van der Waals surface area contributed by atoms with Gasteiger partial charge in [-0.2, -0.15) is 0 Å². The molecule has 0 bridgehead atoms. The SMILES string of the molecule is COc1cc(C(=O)NCCS(N)(=O)=O)ccc1F. The van der Waals surface area contributed by atoms with Crippen LogP contribution in [0.5, 0.6) is 5.75 Å². The first-order valence-electron chi connectivity index (χ1n) is 4.95.